The minimum absolute atomic E-state index is 0.313. The summed E-state index contributed by atoms with van der Waals surface area (Å²) >= 11 is 0. The lowest BCUT2D eigenvalue weighted by Gasteiger charge is -2.42. The van der Waals surface area contributed by atoms with E-state index in [2.05, 4.69) is 49.0 Å². The number of amides is 1. The fraction of sp³-hybridized carbons (Fsp3) is 0.350. The topological polar surface area (TPSA) is 60.1 Å². The van der Waals surface area contributed by atoms with Crippen molar-refractivity contribution in [2.24, 2.45) is 18.7 Å². The molecule has 4 nitrogen and oxygen atoms in total. The van der Waals surface area contributed by atoms with E-state index in [0.29, 0.717) is 0 Å². The number of carbonyl (C=O) groups excluding carboxylic acids is 1. The molecule has 3 rings (SSSR count). The third-order valence-corrected chi connectivity index (χ3v) is 5.45. The highest BCUT2D eigenvalue weighted by atomic mass is 16.1. The molecule has 2 aromatic rings. The highest BCUT2D eigenvalue weighted by Crippen LogP contribution is 2.46. The van der Waals surface area contributed by atoms with Crippen molar-refractivity contribution in [3.63, 3.8) is 0 Å². The molecule has 2 unspecified atom stereocenters. The van der Waals surface area contributed by atoms with E-state index in [0.717, 1.165) is 28.6 Å². The quantitative estimate of drug-likeness (QED) is 0.909. The van der Waals surface area contributed by atoms with Gasteiger partial charge < -0.3 is 15.6 Å². The Balaban J connectivity index is 2.43. The second kappa shape index (κ2) is 5.95. The number of para-hydroxylation sites is 1. The molecule has 1 aromatic heterocycles. The predicted octanol–water partition coefficient (Wildman–Crippen LogP) is 2.91. The lowest BCUT2D eigenvalue weighted by Crippen LogP contribution is -2.53. The van der Waals surface area contributed by atoms with E-state index in [9.17, 15) is 4.79 Å². The Morgan fingerprint density at radius 1 is 1.38 bits per heavy atom. The van der Waals surface area contributed by atoms with Crippen LogP contribution in [0.5, 0.6) is 0 Å². The smallest absolute Gasteiger partial charge is 0.226 e. The number of hydrogen-bond acceptors (Lipinski definition) is 2. The fourth-order valence-corrected chi connectivity index (χ4v) is 4.24. The molecule has 1 heterocycles. The molecule has 0 saturated heterocycles. The first kappa shape index (κ1) is 16.5. The SMILES string of the molecule is CCC1=CC=CC(C(N)=O)C1(NC)c1c(C)n(C)c2ccccc12. The van der Waals surface area contributed by atoms with E-state index in [1.807, 2.05) is 31.3 Å². The van der Waals surface area contributed by atoms with Gasteiger partial charge in [-0.05, 0) is 32.0 Å². The summed E-state index contributed by atoms with van der Waals surface area (Å²) in [7, 11) is 3.98. The number of nitrogens with two attached hydrogens (primary N) is 1. The lowest BCUT2D eigenvalue weighted by molar-refractivity contribution is -0.122. The number of likely N-dealkylation sites (N-methyl/N-ethyl adjacent to an activating group) is 1. The van der Waals surface area contributed by atoms with Gasteiger partial charge in [-0.1, -0.05) is 43.4 Å². The van der Waals surface area contributed by atoms with Gasteiger partial charge in [-0.2, -0.15) is 0 Å². The Hall–Kier alpha value is -2.33. The highest BCUT2D eigenvalue weighted by Gasteiger charge is 2.47. The summed E-state index contributed by atoms with van der Waals surface area (Å²) < 4.78 is 2.19. The maximum atomic E-state index is 12.3. The number of aromatic nitrogens is 1. The minimum Gasteiger partial charge on any atom is -0.369 e. The zero-order chi connectivity index (χ0) is 17.5. The number of aryl methyl sites for hydroxylation is 1. The van der Waals surface area contributed by atoms with Crippen LogP contribution in [0, 0.1) is 12.8 Å². The van der Waals surface area contributed by atoms with Crippen molar-refractivity contribution in [2.75, 3.05) is 7.05 Å². The van der Waals surface area contributed by atoms with Gasteiger partial charge in [0, 0.05) is 29.2 Å². The molecule has 0 spiro atoms. The van der Waals surface area contributed by atoms with E-state index in [1.165, 1.54) is 5.57 Å². The van der Waals surface area contributed by atoms with Crippen molar-refractivity contribution in [1.29, 1.82) is 0 Å². The molecule has 1 amide bonds. The van der Waals surface area contributed by atoms with Gasteiger partial charge in [-0.15, -0.1) is 0 Å². The molecule has 2 atom stereocenters. The van der Waals surface area contributed by atoms with E-state index in [-0.39, 0.29) is 5.91 Å². The van der Waals surface area contributed by atoms with Crippen molar-refractivity contribution in [3.8, 4) is 0 Å². The molecule has 0 aliphatic heterocycles. The number of carbonyl (C=O) groups is 1. The van der Waals surface area contributed by atoms with Gasteiger partial charge in [-0.25, -0.2) is 0 Å². The first-order valence-electron chi connectivity index (χ1n) is 8.39. The summed E-state index contributed by atoms with van der Waals surface area (Å²) in [6, 6.07) is 8.32. The number of primary amides is 1. The Labute approximate surface area is 143 Å². The third kappa shape index (κ3) is 2.06. The Morgan fingerprint density at radius 3 is 2.71 bits per heavy atom. The number of hydrogen-bond donors (Lipinski definition) is 2. The van der Waals surface area contributed by atoms with Crippen LogP contribution in [-0.4, -0.2) is 17.5 Å². The van der Waals surface area contributed by atoms with Crippen molar-refractivity contribution in [2.45, 2.75) is 25.8 Å². The van der Waals surface area contributed by atoms with E-state index in [4.69, 9.17) is 5.73 Å². The van der Waals surface area contributed by atoms with Crippen LogP contribution in [0.15, 0.2) is 48.1 Å². The summed E-state index contributed by atoms with van der Waals surface area (Å²) in [5, 5.41) is 4.64. The molecule has 126 valence electrons. The van der Waals surface area contributed by atoms with E-state index < -0.39 is 11.5 Å². The van der Waals surface area contributed by atoms with Crippen molar-refractivity contribution in [1.82, 2.24) is 9.88 Å². The summed E-state index contributed by atoms with van der Waals surface area (Å²) in [6.07, 6.45) is 6.82. The van der Waals surface area contributed by atoms with Crippen molar-refractivity contribution >= 4 is 16.8 Å². The van der Waals surface area contributed by atoms with Gasteiger partial charge in [0.1, 0.15) is 0 Å². The largest absolute Gasteiger partial charge is 0.369 e. The van der Waals surface area contributed by atoms with Crippen LogP contribution >= 0.6 is 0 Å². The standard InChI is InChI=1S/C20H25N3O/c1-5-14-9-8-11-16(19(21)24)20(14,22-3)18-13(2)23(4)17-12-7-6-10-15(17)18/h6-12,16,22H,5H2,1-4H3,(H2,21,24). The second-order valence-electron chi connectivity index (χ2n) is 6.40. The zero-order valence-electron chi connectivity index (χ0n) is 14.8. The fourth-order valence-electron chi connectivity index (χ4n) is 4.24. The molecule has 24 heavy (non-hydrogen) atoms. The van der Waals surface area contributed by atoms with Gasteiger partial charge in [-0.3, -0.25) is 4.79 Å². The first-order chi connectivity index (χ1) is 11.5. The van der Waals surface area contributed by atoms with Crippen LogP contribution < -0.4 is 11.1 Å². The predicted molar refractivity (Wildman–Crippen MR) is 98.6 cm³/mol. The molecule has 0 fully saturated rings. The monoisotopic (exact) mass is 323 g/mol. The molecule has 0 radical (unpaired) electrons. The molecule has 0 bridgehead atoms. The van der Waals surface area contributed by atoms with Crippen LogP contribution in [0.3, 0.4) is 0 Å². The Morgan fingerprint density at radius 2 is 2.08 bits per heavy atom. The van der Waals surface area contributed by atoms with E-state index in [1.54, 1.807) is 0 Å². The zero-order valence-corrected chi connectivity index (χ0v) is 14.8. The average molecular weight is 323 g/mol. The average Bonchev–Trinajstić information content (AvgIpc) is 2.85. The van der Waals surface area contributed by atoms with Crippen molar-refractivity contribution < 1.29 is 4.79 Å². The van der Waals surface area contributed by atoms with Gasteiger partial charge >= 0.3 is 0 Å². The number of nitrogens with zero attached hydrogens (tertiary/aromatic N) is 1. The van der Waals surface area contributed by atoms with Gasteiger partial charge in [0.25, 0.3) is 0 Å². The van der Waals surface area contributed by atoms with Gasteiger partial charge in [0.15, 0.2) is 0 Å². The molecular formula is C20H25N3O. The van der Waals surface area contributed by atoms with Crippen LogP contribution in [-0.2, 0) is 17.4 Å². The van der Waals surface area contributed by atoms with Crippen LogP contribution in [0.1, 0.15) is 24.6 Å². The highest BCUT2D eigenvalue weighted by molar-refractivity contribution is 5.90. The Kier molecular flexibility index (Phi) is 4.10. The Bertz CT molecular complexity index is 859. The number of nitrogens with one attached hydrogen (secondary N) is 1. The first-order valence-corrected chi connectivity index (χ1v) is 8.39. The minimum atomic E-state index is -0.611. The number of rotatable bonds is 4. The molecule has 1 aromatic carbocycles. The van der Waals surface area contributed by atoms with Crippen LogP contribution in [0.2, 0.25) is 0 Å². The normalized spacial score (nSPS) is 23.5. The third-order valence-electron chi connectivity index (χ3n) is 5.45. The van der Waals surface area contributed by atoms with Crippen LogP contribution in [0.4, 0.5) is 0 Å². The number of fused-ring (bicyclic) bond motifs is 1. The molecular weight excluding hydrogens is 298 g/mol. The lowest BCUT2D eigenvalue weighted by atomic mass is 9.68. The molecule has 3 N–H and O–H groups in total. The molecule has 0 saturated carbocycles. The van der Waals surface area contributed by atoms with E-state index >= 15 is 0 Å². The maximum absolute atomic E-state index is 12.3. The molecule has 1 aliphatic rings. The summed E-state index contributed by atoms with van der Waals surface area (Å²) in [4.78, 5) is 12.3. The van der Waals surface area contributed by atoms with Crippen molar-refractivity contribution in [3.05, 3.63) is 59.3 Å². The molecule has 1 aliphatic carbocycles. The van der Waals surface area contributed by atoms with Crippen LogP contribution in [0.25, 0.3) is 10.9 Å². The van der Waals surface area contributed by atoms with Gasteiger partial charge in [0.2, 0.25) is 5.91 Å². The second-order valence-corrected chi connectivity index (χ2v) is 6.40. The summed E-state index contributed by atoms with van der Waals surface area (Å²) in [5.41, 5.74) is 9.82. The maximum Gasteiger partial charge on any atom is 0.226 e. The number of benzene rings is 1. The molecule has 4 heteroatoms. The number of allylic oxidation sites excluding steroid dienone is 2. The van der Waals surface area contributed by atoms with Gasteiger partial charge in [0.05, 0.1) is 11.5 Å². The summed E-state index contributed by atoms with van der Waals surface area (Å²) in [6.45, 7) is 4.23. The summed E-state index contributed by atoms with van der Waals surface area (Å²) in [5.74, 6) is -0.737.